The van der Waals surface area contributed by atoms with Crippen LogP contribution in [0.2, 0.25) is 0 Å². The summed E-state index contributed by atoms with van der Waals surface area (Å²) < 4.78 is 0. The van der Waals surface area contributed by atoms with Crippen molar-refractivity contribution < 1.29 is 0 Å². The molecule has 0 saturated heterocycles. The Morgan fingerprint density at radius 3 is 2.90 bits per heavy atom. The van der Waals surface area contributed by atoms with Gasteiger partial charge in [-0.15, -0.1) is 0 Å². The Hall–Kier alpha value is -0.500. The van der Waals surface area contributed by atoms with Crippen molar-refractivity contribution >= 4 is 0 Å². The van der Waals surface area contributed by atoms with Crippen LogP contribution in [-0.2, 0) is 0 Å². The minimum Gasteiger partial charge on any atom is -0.391 e. The highest BCUT2D eigenvalue weighted by Crippen LogP contribution is 2.07. The molecule has 0 fully saturated rings. The molecule has 2 nitrogen and oxygen atoms in total. The van der Waals surface area contributed by atoms with Crippen molar-refractivity contribution in [3.05, 3.63) is 12.3 Å². The Morgan fingerprint density at radius 1 is 1.60 bits per heavy atom. The minimum absolute atomic E-state index is 0.766. The summed E-state index contributed by atoms with van der Waals surface area (Å²) in [6.45, 7) is 2.32. The van der Waals surface area contributed by atoms with Crippen LogP contribution in [0.5, 0.6) is 0 Å². The van der Waals surface area contributed by atoms with Crippen LogP contribution in [0, 0.1) is 5.92 Å². The first-order valence-corrected chi connectivity index (χ1v) is 3.84. The molecule has 0 bridgehead atoms. The Balaban J connectivity index is 2.08. The van der Waals surface area contributed by atoms with Gasteiger partial charge in [-0.2, -0.15) is 0 Å². The lowest BCUT2D eigenvalue weighted by molar-refractivity contribution is 0.375. The third-order valence-electron chi connectivity index (χ3n) is 1.81. The summed E-state index contributed by atoms with van der Waals surface area (Å²) in [7, 11) is 4.23. The fourth-order valence-electron chi connectivity index (χ4n) is 1.11. The summed E-state index contributed by atoms with van der Waals surface area (Å²) in [6, 6.07) is 0. The molecule has 1 atom stereocenters. The van der Waals surface area contributed by atoms with Gasteiger partial charge >= 0.3 is 0 Å². The van der Waals surface area contributed by atoms with E-state index in [-0.39, 0.29) is 0 Å². The van der Waals surface area contributed by atoms with Gasteiger partial charge in [0.15, 0.2) is 0 Å². The second-order valence-electron chi connectivity index (χ2n) is 3.12. The third kappa shape index (κ3) is 2.40. The highest BCUT2D eigenvalue weighted by atomic mass is 15.0. The molecule has 2 heteroatoms. The van der Waals surface area contributed by atoms with E-state index in [1.807, 2.05) is 0 Å². The van der Waals surface area contributed by atoms with Crippen LogP contribution in [0.25, 0.3) is 0 Å². The van der Waals surface area contributed by atoms with E-state index >= 15 is 0 Å². The van der Waals surface area contributed by atoms with Crippen LogP contribution < -0.4 is 5.32 Å². The van der Waals surface area contributed by atoms with Gasteiger partial charge < -0.3 is 10.2 Å². The van der Waals surface area contributed by atoms with Gasteiger partial charge in [-0.1, -0.05) is 6.08 Å². The van der Waals surface area contributed by atoms with E-state index in [0.717, 1.165) is 12.5 Å². The molecule has 1 aliphatic rings. The van der Waals surface area contributed by atoms with E-state index in [1.54, 1.807) is 0 Å². The van der Waals surface area contributed by atoms with Gasteiger partial charge in [0.2, 0.25) is 0 Å². The fourth-order valence-corrected chi connectivity index (χ4v) is 1.11. The van der Waals surface area contributed by atoms with Gasteiger partial charge in [-0.3, -0.25) is 0 Å². The highest BCUT2D eigenvalue weighted by Gasteiger charge is 2.07. The minimum atomic E-state index is 0.766. The molecule has 1 rings (SSSR count). The summed E-state index contributed by atoms with van der Waals surface area (Å²) >= 11 is 0. The molecule has 0 radical (unpaired) electrons. The second kappa shape index (κ2) is 3.62. The zero-order chi connectivity index (χ0) is 7.40. The van der Waals surface area contributed by atoms with E-state index in [2.05, 4.69) is 36.6 Å². The second-order valence-corrected chi connectivity index (χ2v) is 3.12. The predicted octanol–water partition coefficient (Wildman–Crippen LogP) is 0.671. The molecule has 1 unspecified atom stereocenters. The summed E-state index contributed by atoms with van der Waals surface area (Å²) in [5.41, 5.74) is 0. The number of nitrogens with one attached hydrogen (secondary N) is 1. The maximum atomic E-state index is 3.20. The maximum Gasteiger partial charge on any atom is 0.0205 e. The smallest absolute Gasteiger partial charge is 0.0205 e. The standard InChI is InChI=1S/C8H16N2/c1-10(2)6-4-8-3-5-9-7-8/h3,5,8-9H,4,6-7H2,1-2H3. The Labute approximate surface area is 62.9 Å². The Bertz CT molecular complexity index is 118. The van der Waals surface area contributed by atoms with Gasteiger partial charge in [-0.05, 0) is 39.2 Å². The number of hydrogen-bond acceptors (Lipinski definition) is 2. The van der Waals surface area contributed by atoms with Crippen molar-refractivity contribution in [2.75, 3.05) is 27.2 Å². The van der Waals surface area contributed by atoms with Crippen molar-refractivity contribution in [2.45, 2.75) is 6.42 Å². The lowest BCUT2D eigenvalue weighted by atomic mass is 10.1. The van der Waals surface area contributed by atoms with Crippen LogP contribution >= 0.6 is 0 Å². The molecule has 10 heavy (non-hydrogen) atoms. The van der Waals surface area contributed by atoms with E-state index in [1.165, 1.54) is 13.0 Å². The lowest BCUT2D eigenvalue weighted by Gasteiger charge is -2.11. The first-order valence-electron chi connectivity index (χ1n) is 3.84. The topological polar surface area (TPSA) is 15.3 Å². The van der Waals surface area contributed by atoms with Crippen LogP contribution in [0.3, 0.4) is 0 Å². The Kier molecular flexibility index (Phi) is 2.75. The largest absolute Gasteiger partial charge is 0.391 e. The van der Waals surface area contributed by atoms with Gasteiger partial charge in [0.25, 0.3) is 0 Å². The molecule has 0 saturated carbocycles. The monoisotopic (exact) mass is 140 g/mol. The van der Waals surface area contributed by atoms with Gasteiger partial charge in [0.1, 0.15) is 0 Å². The molecule has 0 amide bonds. The molecule has 0 aliphatic carbocycles. The van der Waals surface area contributed by atoms with Gasteiger partial charge in [-0.25, -0.2) is 0 Å². The summed E-state index contributed by atoms with van der Waals surface area (Å²) in [5.74, 6) is 0.766. The average Bonchev–Trinajstić information content (AvgIpc) is 2.34. The molecule has 0 aromatic heterocycles. The molecule has 1 aliphatic heterocycles. The SMILES string of the molecule is CN(C)CCC1C=CNC1. The summed E-state index contributed by atoms with van der Waals surface area (Å²) in [4.78, 5) is 2.23. The molecule has 1 heterocycles. The third-order valence-corrected chi connectivity index (χ3v) is 1.81. The predicted molar refractivity (Wildman–Crippen MR) is 43.8 cm³/mol. The Morgan fingerprint density at radius 2 is 2.40 bits per heavy atom. The lowest BCUT2D eigenvalue weighted by Crippen LogP contribution is -2.18. The van der Waals surface area contributed by atoms with Crippen molar-refractivity contribution in [3.8, 4) is 0 Å². The first-order chi connectivity index (χ1) is 4.79. The zero-order valence-corrected chi connectivity index (χ0v) is 6.80. The normalized spacial score (nSPS) is 23.7. The summed E-state index contributed by atoms with van der Waals surface area (Å²) in [5, 5.41) is 3.20. The molecule has 0 aromatic rings. The van der Waals surface area contributed by atoms with Gasteiger partial charge in [0.05, 0.1) is 0 Å². The molecular weight excluding hydrogens is 124 g/mol. The first kappa shape index (κ1) is 7.61. The maximum absolute atomic E-state index is 3.20. The number of nitrogens with zero attached hydrogens (tertiary/aromatic N) is 1. The molecule has 1 N–H and O–H groups in total. The van der Waals surface area contributed by atoms with Crippen molar-refractivity contribution in [3.63, 3.8) is 0 Å². The summed E-state index contributed by atoms with van der Waals surface area (Å²) in [6.07, 6.45) is 5.58. The number of hydrogen-bond donors (Lipinski definition) is 1. The van der Waals surface area contributed by atoms with Crippen LogP contribution in [0.15, 0.2) is 12.3 Å². The van der Waals surface area contributed by atoms with Crippen molar-refractivity contribution in [2.24, 2.45) is 5.92 Å². The van der Waals surface area contributed by atoms with Crippen molar-refractivity contribution in [1.82, 2.24) is 10.2 Å². The molecular formula is C8H16N2. The van der Waals surface area contributed by atoms with Crippen molar-refractivity contribution in [1.29, 1.82) is 0 Å². The van der Waals surface area contributed by atoms with E-state index in [0.29, 0.717) is 0 Å². The van der Waals surface area contributed by atoms with E-state index in [4.69, 9.17) is 0 Å². The number of rotatable bonds is 3. The highest BCUT2D eigenvalue weighted by molar-refractivity contribution is 4.95. The van der Waals surface area contributed by atoms with Crippen LogP contribution in [0.4, 0.5) is 0 Å². The van der Waals surface area contributed by atoms with Crippen LogP contribution in [0.1, 0.15) is 6.42 Å². The fraction of sp³-hybridized carbons (Fsp3) is 0.750. The molecule has 0 aromatic carbocycles. The average molecular weight is 140 g/mol. The van der Waals surface area contributed by atoms with E-state index < -0.39 is 0 Å². The van der Waals surface area contributed by atoms with Crippen LogP contribution in [-0.4, -0.2) is 32.1 Å². The zero-order valence-electron chi connectivity index (χ0n) is 6.80. The van der Waals surface area contributed by atoms with Gasteiger partial charge in [0, 0.05) is 6.54 Å². The van der Waals surface area contributed by atoms with E-state index in [9.17, 15) is 0 Å². The molecule has 58 valence electrons. The quantitative estimate of drug-likeness (QED) is 0.620. The molecule has 0 spiro atoms.